The molecule has 2 heterocycles. The van der Waals surface area contributed by atoms with Crippen molar-refractivity contribution in [2.45, 2.75) is 38.0 Å². The maximum atomic E-state index is 12.7. The third-order valence-electron chi connectivity index (χ3n) is 4.45. The molecule has 27 heavy (non-hydrogen) atoms. The molecule has 0 spiro atoms. The van der Waals surface area contributed by atoms with E-state index >= 15 is 0 Å². The molecule has 1 aliphatic heterocycles. The molecule has 0 unspecified atom stereocenters. The van der Waals surface area contributed by atoms with Crippen molar-refractivity contribution in [1.82, 2.24) is 9.46 Å². The average Bonchev–Trinajstić information content (AvgIpc) is 3.00. The fourth-order valence-electron chi connectivity index (χ4n) is 3.01. The Morgan fingerprint density at radius 1 is 1.15 bits per heavy atom. The van der Waals surface area contributed by atoms with E-state index in [4.69, 9.17) is 4.52 Å². The van der Waals surface area contributed by atoms with Gasteiger partial charge in [0.2, 0.25) is 15.9 Å². The monoisotopic (exact) mass is 389 g/mol. The average molecular weight is 389 g/mol. The van der Waals surface area contributed by atoms with Crippen molar-refractivity contribution in [3.05, 3.63) is 41.3 Å². The quantitative estimate of drug-likeness (QED) is 0.847. The minimum Gasteiger partial charge on any atom is -0.354 e. The summed E-state index contributed by atoms with van der Waals surface area (Å²) in [4.78, 5) is 11.6. The van der Waals surface area contributed by atoms with Gasteiger partial charge in [-0.15, -0.1) is 0 Å². The number of amides is 1. The van der Waals surface area contributed by atoms with E-state index in [1.54, 1.807) is 47.6 Å². The van der Waals surface area contributed by atoms with Crippen molar-refractivity contribution in [1.29, 1.82) is 0 Å². The first-order chi connectivity index (χ1) is 12.9. The summed E-state index contributed by atoms with van der Waals surface area (Å²) in [6.45, 7) is 4.33. The number of aromatic nitrogens is 1. The van der Waals surface area contributed by atoms with Crippen LogP contribution in [0.2, 0.25) is 0 Å². The number of nitrogens with one attached hydrogen (secondary N) is 1. The Hall–Kier alpha value is -2.45. The van der Waals surface area contributed by atoms with Gasteiger partial charge in [0, 0.05) is 20.0 Å². The van der Waals surface area contributed by atoms with E-state index in [2.05, 4.69) is 10.5 Å². The zero-order valence-corrected chi connectivity index (χ0v) is 16.3. The lowest BCUT2D eigenvalue weighted by Gasteiger charge is -2.25. The van der Waals surface area contributed by atoms with Gasteiger partial charge in [0.05, 0.1) is 4.90 Å². The number of carbonyl (C=O) groups is 1. The SMILES string of the molecule is CC(=O)Nc1c(C)noc1/C=C\c1ccc(S(=O)(=O)N2CCCCC2)cc1. The van der Waals surface area contributed by atoms with Crippen molar-refractivity contribution in [3.8, 4) is 0 Å². The van der Waals surface area contributed by atoms with Gasteiger partial charge in [0.25, 0.3) is 0 Å². The van der Waals surface area contributed by atoms with Crippen LogP contribution in [0.5, 0.6) is 0 Å². The summed E-state index contributed by atoms with van der Waals surface area (Å²) in [7, 11) is -3.43. The predicted octanol–water partition coefficient (Wildman–Crippen LogP) is 3.29. The normalized spacial score (nSPS) is 15.9. The molecular weight excluding hydrogens is 366 g/mol. The Balaban J connectivity index is 1.76. The lowest BCUT2D eigenvalue weighted by Crippen LogP contribution is -2.35. The van der Waals surface area contributed by atoms with E-state index in [0.29, 0.717) is 35.1 Å². The fraction of sp³-hybridized carbons (Fsp3) is 0.368. The lowest BCUT2D eigenvalue weighted by atomic mass is 10.2. The largest absolute Gasteiger partial charge is 0.354 e. The number of sulfonamides is 1. The van der Waals surface area contributed by atoms with E-state index in [0.717, 1.165) is 24.8 Å². The van der Waals surface area contributed by atoms with E-state index in [1.807, 2.05) is 0 Å². The van der Waals surface area contributed by atoms with Gasteiger partial charge in [-0.05, 0) is 43.5 Å². The van der Waals surface area contributed by atoms with Crippen LogP contribution in [0.15, 0.2) is 33.7 Å². The highest BCUT2D eigenvalue weighted by molar-refractivity contribution is 7.89. The molecule has 0 bridgehead atoms. The number of anilines is 1. The molecular formula is C19H23N3O4S. The van der Waals surface area contributed by atoms with Crippen LogP contribution in [0.25, 0.3) is 12.2 Å². The predicted molar refractivity (Wildman–Crippen MR) is 104 cm³/mol. The van der Waals surface area contributed by atoms with E-state index < -0.39 is 10.0 Å². The summed E-state index contributed by atoms with van der Waals surface area (Å²) in [6.07, 6.45) is 6.37. The molecule has 0 saturated carbocycles. The van der Waals surface area contributed by atoms with Crippen LogP contribution in [-0.4, -0.2) is 36.9 Å². The number of hydrogen-bond donors (Lipinski definition) is 1. The number of piperidine rings is 1. The Morgan fingerprint density at radius 2 is 1.81 bits per heavy atom. The fourth-order valence-corrected chi connectivity index (χ4v) is 4.52. The molecule has 144 valence electrons. The Bertz CT molecular complexity index is 940. The molecule has 3 rings (SSSR count). The summed E-state index contributed by atoms with van der Waals surface area (Å²) in [5, 5.41) is 6.55. The molecule has 1 aromatic heterocycles. The summed E-state index contributed by atoms with van der Waals surface area (Å²) < 4.78 is 32.1. The first-order valence-electron chi connectivity index (χ1n) is 8.90. The summed E-state index contributed by atoms with van der Waals surface area (Å²) in [5.74, 6) is 0.232. The summed E-state index contributed by atoms with van der Waals surface area (Å²) in [5.41, 5.74) is 1.94. The van der Waals surface area contributed by atoms with E-state index in [-0.39, 0.29) is 5.91 Å². The summed E-state index contributed by atoms with van der Waals surface area (Å²) in [6, 6.07) is 6.72. The Morgan fingerprint density at radius 3 is 2.44 bits per heavy atom. The highest BCUT2D eigenvalue weighted by Crippen LogP contribution is 2.24. The number of aryl methyl sites for hydroxylation is 1. The van der Waals surface area contributed by atoms with Crippen molar-refractivity contribution in [2.24, 2.45) is 0 Å². The molecule has 0 aliphatic carbocycles. The second-order valence-corrected chi connectivity index (χ2v) is 8.49. The first-order valence-corrected chi connectivity index (χ1v) is 10.3. The lowest BCUT2D eigenvalue weighted by molar-refractivity contribution is -0.114. The maximum absolute atomic E-state index is 12.7. The van der Waals surface area contributed by atoms with Gasteiger partial charge in [0.15, 0.2) is 5.76 Å². The minimum atomic E-state index is -3.43. The number of carbonyl (C=O) groups excluding carboxylic acids is 1. The van der Waals surface area contributed by atoms with Crippen LogP contribution in [-0.2, 0) is 14.8 Å². The topological polar surface area (TPSA) is 92.5 Å². The maximum Gasteiger partial charge on any atom is 0.243 e. The molecule has 1 aliphatic rings. The van der Waals surface area contributed by atoms with Gasteiger partial charge >= 0.3 is 0 Å². The molecule has 1 N–H and O–H groups in total. The molecule has 1 aromatic carbocycles. The van der Waals surface area contributed by atoms with Crippen LogP contribution < -0.4 is 5.32 Å². The first kappa shape index (κ1) is 19.3. The van der Waals surface area contributed by atoms with Gasteiger partial charge in [0.1, 0.15) is 11.4 Å². The van der Waals surface area contributed by atoms with Crippen LogP contribution in [0.3, 0.4) is 0 Å². The number of benzene rings is 1. The number of rotatable bonds is 5. The molecule has 1 saturated heterocycles. The number of hydrogen-bond acceptors (Lipinski definition) is 5. The molecule has 1 fully saturated rings. The molecule has 1 amide bonds. The Kier molecular flexibility index (Phi) is 5.76. The van der Waals surface area contributed by atoms with Crippen molar-refractivity contribution in [3.63, 3.8) is 0 Å². The standard InChI is InChI=1S/C19H23N3O4S/c1-14-19(20-15(2)23)18(26-21-14)11-8-16-6-9-17(10-7-16)27(24,25)22-12-4-3-5-13-22/h6-11H,3-5,12-13H2,1-2H3,(H,20,23)/b11-8-. The van der Waals surface area contributed by atoms with Crippen LogP contribution in [0, 0.1) is 6.92 Å². The van der Waals surface area contributed by atoms with Gasteiger partial charge in [-0.25, -0.2) is 8.42 Å². The van der Waals surface area contributed by atoms with Crippen molar-refractivity contribution >= 4 is 33.8 Å². The van der Waals surface area contributed by atoms with Gasteiger partial charge in [-0.2, -0.15) is 4.31 Å². The third-order valence-corrected chi connectivity index (χ3v) is 6.36. The smallest absolute Gasteiger partial charge is 0.243 e. The highest BCUT2D eigenvalue weighted by Gasteiger charge is 2.25. The highest BCUT2D eigenvalue weighted by atomic mass is 32.2. The van der Waals surface area contributed by atoms with Gasteiger partial charge in [-0.1, -0.05) is 29.8 Å². The second kappa shape index (κ2) is 8.06. The van der Waals surface area contributed by atoms with Crippen molar-refractivity contribution < 1.29 is 17.7 Å². The molecule has 0 radical (unpaired) electrons. The van der Waals surface area contributed by atoms with Gasteiger partial charge < -0.3 is 9.84 Å². The van der Waals surface area contributed by atoms with Crippen LogP contribution in [0.1, 0.15) is 43.2 Å². The minimum absolute atomic E-state index is 0.205. The van der Waals surface area contributed by atoms with E-state index in [9.17, 15) is 13.2 Å². The molecule has 7 nitrogen and oxygen atoms in total. The second-order valence-electron chi connectivity index (χ2n) is 6.56. The van der Waals surface area contributed by atoms with Crippen LogP contribution >= 0.6 is 0 Å². The Labute approximate surface area is 159 Å². The molecule has 8 heteroatoms. The number of nitrogens with zero attached hydrogens (tertiary/aromatic N) is 2. The van der Waals surface area contributed by atoms with Crippen LogP contribution in [0.4, 0.5) is 5.69 Å². The van der Waals surface area contributed by atoms with Gasteiger partial charge in [-0.3, -0.25) is 4.79 Å². The summed E-state index contributed by atoms with van der Waals surface area (Å²) >= 11 is 0. The molecule has 0 atom stereocenters. The third kappa shape index (κ3) is 4.45. The molecule has 2 aromatic rings. The van der Waals surface area contributed by atoms with E-state index in [1.165, 1.54) is 6.92 Å². The zero-order chi connectivity index (χ0) is 19.4. The van der Waals surface area contributed by atoms with Crippen molar-refractivity contribution in [2.75, 3.05) is 18.4 Å². The zero-order valence-electron chi connectivity index (χ0n) is 15.4.